The van der Waals surface area contributed by atoms with Crippen LogP contribution in [0.1, 0.15) is 40.5 Å². The van der Waals surface area contributed by atoms with Gasteiger partial charge >= 0.3 is 6.09 Å². The van der Waals surface area contributed by atoms with E-state index in [1.807, 2.05) is 0 Å². The van der Waals surface area contributed by atoms with Crippen LogP contribution in [0, 0.1) is 0 Å². The summed E-state index contributed by atoms with van der Waals surface area (Å²) < 4.78 is 5.10. The zero-order valence-electron chi connectivity index (χ0n) is 11.6. The summed E-state index contributed by atoms with van der Waals surface area (Å²) in [6.07, 6.45) is 1.48. The highest BCUT2D eigenvalue weighted by atomic mass is 16.6. The highest BCUT2D eigenvalue weighted by Crippen LogP contribution is 2.07. The molecule has 104 valence electrons. The fourth-order valence-corrected chi connectivity index (χ4v) is 1.66. The lowest BCUT2D eigenvalue weighted by atomic mass is 10.2. The molecule has 1 fully saturated rings. The number of nitrogens with one attached hydrogen (secondary N) is 2. The van der Waals surface area contributed by atoms with Crippen molar-refractivity contribution in [2.75, 3.05) is 13.1 Å². The molecule has 0 aromatic heterocycles. The number of amides is 2. The molecule has 1 aliphatic heterocycles. The van der Waals surface area contributed by atoms with E-state index in [-0.39, 0.29) is 5.91 Å². The molecule has 0 spiro atoms. The minimum atomic E-state index is -0.592. The van der Waals surface area contributed by atoms with E-state index in [0.29, 0.717) is 6.54 Å². The Bertz CT molecular complexity index is 306. The number of rotatable bonds is 2. The summed E-state index contributed by atoms with van der Waals surface area (Å²) in [6.45, 7) is 8.48. The molecule has 2 amide bonds. The van der Waals surface area contributed by atoms with Crippen LogP contribution < -0.4 is 10.7 Å². The van der Waals surface area contributed by atoms with Gasteiger partial charge in [-0.2, -0.15) is 0 Å². The molecule has 0 saturated carbocycles. The van der Waals surface area contributed by atoms with Crippen molar-refractivity contribution < 1.29 is 14.3 Å². The molecule has 1 unspecified atom stereocenters. The van der Waals surface area contributed by atoms with Crippen LogP contribution in [-0.4, -0.2) is 41.7 Å². The second kappa shape index (κ2) is 6.04. The molecule has 2 N–H and O–H groups in total. The molecule has 0 aliphatic carbocycles. The number of alkyl carbamates (subject to hydrolysis) is 1. The van der Waals surface area contributed by atoms with Crippen molar-refractivity contribution in [3.8, 4) is 0 Å². The largest absolute Gasteiger partial charge is 0.444 e. The molecule has 1 atom stereocenters. The third-order valence-corrected chi connectivity index (χ3v) is 2.48. The summed E-state index contributed by atoms with van der Waals surface area (Å²) in [5.74, 6) is -0.138. The number of hydrazine groups is 1. The van der Waals surface area contributed by atoms with E-state index < -0.39 is 17.7 Å². The van der Waals surface area contributed by atoms with Crippen molar-refractivity contribution in [2.45, 2.75) is 52.2 Å². The van der Waals surface area contributed by atoms with Gasteiger partial charge in [0.25, 0.3) is 5.91 Å². The summed E-state index contributed by atoms with van der Waals surface area (Å²) >= 11 is 0. The lowest BCUT2D eigenvalue weighted by Gasteiger charge is -2.30. The molecule has 0 radical (unpaired) electrons. The van der Waals surface area contributed by atoms with Crippen molar-refractivity contribution in [1.29, 1.82) is 0 Å². The highest BCUT2D eigenvalue weighted by molar-refractivity contribution is 5.85. The Morgan fingerprint density at radius 1 is 1.33 bits per heavy atom. The van der Waals surface area contributed by atoms with Crippen LogP contribution in [-0.2, 0) is 9.53 Å². The van der Waals surface area contributed by atoms with Gasteiger partial charge < -0.3 is 10.1 Å². The van der Waals surface area contributed by atoms with E-state index in [4.69, 9.17) is 4.74 Å². The van der Waals surface area contributed by atoms with Crippen LogP contribution in [0.4, 0.5) is 4.79 Å². The number of nitrogens with zero attached hydrogens (tertiary/aromatic N) is 1. The number of carbonyl (C=O) groups is 2. The predicted molar refractivity (Wildman–Crippen MR) is 67.8 cm³/mol. The van der Waals surface area contributed by atoms with Gasteiger partial charge in [-0.25, -0.2) is 10.2 Å². The van der Waals surface area contributed by atoms with Crippen molar-refractivity contribution >= 4 is 12.0 Å². The van der Waals surface area contributed by atoms with Crippen molar-refractivity contribution in [3.05, 3.63) is 0 Å². The molecule has 1 saturated heterocycles. The molecule has 18 heavy (non-hydrogen) atoms. The lowest BCUT2D eigenvalue weighted by Crippen LogP contribution is -2.54. The molecule has 6 nitrogen and oxygen atoms in total. The highest BCUT2D eigenvalue weighted by Gasteiger charge is 2.25. The van der Waals surface area contributed by atoms with Gasteiger partial charge in [-0.1, -0.05) is 0 Å². The fourth-order valence-electron chi connectivity index (χ4n) is 1.66. The molecule has 0 bridgehead atoms. The quantitative estimate of drug-likeness (QED) is 0.775. The van der Waals surface area contributed by atoms with E-state index in [2.05, 4.69) is 10.7 Å². The van der Waals surface area contributed by atoms with Crippen molar-refractivity contribution in [3.63, 3.8) is 0 Å². The summed E-state index contributed by atoms with van der Waals surface area (Å²) in [5, 5.41) is 4.10. The van der Waals surface area contributed by atoms with Gasteiger partial charge in [0.2, 0.25) is 0 Å². The summed E-state index contributed by atoms with van der Waals surface area (Å²) in [6, 6.07) is -0.592. The predicted octanol–water partition coefficient (Wildman–Crippen LogP) is 1.03. The van der Waals surface area contributed by atoms with E-state index in [0.717, 1.165) is 19.4 Å². The van der Waals surface area contributed by atoms with Gasteiger partial charge in [0, 0.05) is 13.1 Å². The molecular formula is C12H23N3O3. The third-order valence-electron chi connectivity index (χ3n) is 2.48. The van der Waals surface area contributed by atoms with E-state index in [1.165, 1.54) is 0 Å². The second-order valence-electron chi connectivity index (χ2n) is 5.47. The van der Waals surface area contributed by atoms with Crippen LogP contribution in [0.15, 0.2) is 0 Å². The monoisotopic (exact) mass is 257 g/mol. The molecule has 0 aromatic carbocycles. The molecule has 1 heterocycles. The van der Waals surface area contributed by atoms with Crippen LogP contribution in [0.25, 0.3) is 0 Å². The summed E-state index contributed by atoms with van der Waals surface area (Å²) in [4.78, 5) is 23.5. The average Bonchev–Trinajstić information content (AvgIpc) is 2.26. The normalized spacial score (nSPS) is 18.1. The Balaban J connectivity index is 2.41. The number of hydrogen-bond donors (Lipinski definition) is 2. The first kappa shape index (κ1) is 14.8. The van der Waals surface area contributed by atoms with Gasteiger partial charge in [0.05, 0.1) is 0 Å². The SMILES string of the molecule is CC(NC(=O)OC(C)(C)C)C(=O)N1CCCCN1. The maximum Gasteiger partial charge on any atom is 0.408 e. The van der Waals surface area contributed by atoms with Crippen LogP contribution in [0.5, 0.6) is 0 Å². The molecule has 1 rings (SSSR count). The Morgan fingerprint density at radius 3 is 2.50 bits per heavy atom. The lowest BCUT2D eigenvalue weighted by molar-refractivity contribution is -0.137. The van der Waals surface area contributed by atoms with E-state index >= 15 is 0 Å². The molecular weight excluding hydrogens is 234 g/mol. The zero-order valence-corrected chi connectivity index (χ0v) is 11.6. The molecule has 1 aliphatic rings. The number of ether oxygens (including phenoxy) is 1. The standard InChI is InChI=1S/C12H23N3O3/c1-9(14-11(17)18-12(2,3)4)10(16)15-8-6-5-7-13-15/h9,13H,5-8H2,1-4H3,(H,14,17). The van der Waals surface area contributed by atoms with Gasteiger partial charge in [-0.15, -0.1) is 0 Å². The summed E-state index contributed by atoms with van der Waals surface area (Å²) in [7, 11) is 0. The van der Waals surface area contributed by atoms with E-state index in [9.17, 15) is 9.59 Å². The molecule has 6 heteroatoms. The average molecular weight is 257 g/mol. The Hall–Kier alpha value is -1.30. The maximum absolute atomic E-state index is 12.0. The van der Waals surface area contributed by atoms with Gasteiger partial charge in [-0.3, -0.25) is 9.80 Å². The number of hydrogen-bond acceptors (Lipinski definition) is 4. The van der Waals surface area contributed by atoms with Crippen molar-refractivity contribution in [2.24, 2.45) is 0 Å². The van der Waals surface area contributed by atoms with E-state index in [1.54, 1.807) is 32.7 Å². The topological polar surface area (TPSA) is 70.7 Å². The van der Waals surface area contributed by atoms with Crippen LogP contribution in [0.2, 0.25) is 0 Å². The Morgan fingerprint density at radius 2 is 2.00 bits per heavy atom. The first-order valence-electron chi connectivity index (χ1n) is 6.34. The van der Waals surface area contributed by atoms with Crippen LogP contribution in [0.3, 0.4) is 0 Å². The smallest absolute Gasteiger partial charge is 0.408 e. The first-order chi connectivity index (χ1) is 8.29. The van der Waals surface area contributed by atoms with Gasteiger partial charge in [-0.05, 0) is 40.5 Å². The number of carbonyl (C=O) groups excluding carboxylic acids is 2. The minimum absolute atomic E-state index is 0.138. The third kappa shape index (κ3) is 4.91. The summed E-state index contributed by atoms with van der Waals surface area (Å²) in [5.41, 5.74) is 2.45. The van der Waals surface area contributed by atoms with Crippen LogP contribution >= 0.6 is 0 Å². The minimum Gasteiger partial charge on any atom is -0.444 e. The Kier molecular flexibility index (Phi) is 4.95. The second-order valence-corrected chi connectivity index (χ2v) is 5.47. The first-order valence-corrected chi connectivity index (χ1v) is 6.34. The maximum atomic E-state index is 12.0. The van der Waals surface area contributed by atoms with Gasteiger partial charge in [0.1, 0.15) is 11.6 Å². The fraction of sp³-hybridized carbons (Fsp3) is 0.833. The van der Waals surface area contributed by atoms with Gasteiger partial charge in [0.15, 0.2) is 0 Å². The van der Waals surface area contributed by atoms with Crippen molar-refractivity contribution in [1.82, 2.24) is 15.8 Å². The zero-order chi connectivity index (χ0) is 13.8. The molecule has 0 aromatic rings. The Labute approximate surface area is 108 Å².